The van der Waals surface area contributed by atoms with E-state index in [0.717, 1.165) is 0 Å². The summed E-state index contributed by atoms with van der Waals surface area (Å²) < 4.78 is 1.98. The molecular weight excluding hydrogens is 228 g/mol. The summed E-state index contributed by atoms with van der Waals surface area (Å²) in [6, 6.07) is 0. The first-order valence-corrected chi connectivity index (χ1v) is 7.50. The Morgan fingerprint density at radius 2 is 1.75 bits per heavy atom. The molecule has 0 N–H and O–H groups in total. The molecule has 0 spiro atoms. The Bertz CT molecular complexity index is 430. The molecule has 1 fully saturated rings. The van der Waals surface area contributed by atoms with Crippen molar-refractivity contribution in [3.63, 3.8) is 0 Å². The van der Waals surface area contributed by atoms with E-state index in [1.54, 1.807) is 15.0 Å². The van der Waals surface area contributed by atoms with Crippen molar-refractivity contribution in [3.8, 4) is 0 Å². The van der Waals surface area contributed by atoms with Crippen molar-refractivity contribution in [3.05, 3.63) is 58.1 Å². The number of hydrogen-bond acceptors (Lipinski definition) is 0. The maximum absolute atomic E-state index is 4.24. The topological polar surface area (TPSA) is 0 Å². The van der Waals surface area contributed by atoms with Crippen molar-refractivity contribution in [1.29, 1.82) is 0 Å². The van der Waals surface area contributed by atoms with Gasteiger partial charge < -0.3 is 0 Å². The molecule has 1 atom stereocenters. The van der Waals surface area contributed by atoms with Gasteiger partial charge in [-0.05, 0) is 0 Å². The third kappa shape index (κ3) is 1.27. The maximum atomic E-state index is 4.24. The molecule has 0 amide bonds. The Morgan fingerprint density at radius 1 is 1.19 bits per heavy atom. The molecule has 0 saturated carbocycles. The first-order valence-electron chi connectivity index (χ1n) is 5.94. The van der Waals surface area contributed by atoms with Crippen LogP contribution in [-0.4, -0.2) is 0 Å². The van der Waals surface area contributed by atoms with Gasteiger partial charge in [-0.3, -0.25) is 0 Å². The van der Waals surface area contributed by atoms with E-state index >= 15 is 0 Å². The van der Waals surface area contributed by atoms with Gasteiger partial charge >= 0.3 is 107 Å². The van der Waals surface area contributed by atoms with E-state index in [9.17, 15) is 0 Å². The van der Waals surface area contributed by atoms with Crippen LogP contribution in [0.3, 0.4) is 0 Å². The van der Waals surface area contributed by atoms with E-state index in [2.05, 4.69) is 50.0 Å². The van der Waals surface area contributed by atoms with Gasteiger partial charge in [0.1, 0.15) is 0 Å². The van der Waals surface area contributed by atoms with Crippen LogP contribution in [-0.2, 0) is 19.2 Å². The van der Waals surface area contributed by atoms with Gasteiger partial charge in [0, 0.05) is 0 Å². The summed E-state index contributed by atoms with van der Waals surface area (Å²) in [5.74, 6) is 0.671. The molecule has 3 aliphatic rings. The summed E-state index contributed by atoms with van der Waals surface area (Å²) in [4.78, 5) is 0. The van der Waals surface area contributed by atoms with Gasteiger partial charge in [0.2, 0.25) is 0 Å². The molecular formula is C15H16Ti. The Kier molecular flexibility index (Phi) is 2.45. The molecule has 0 aromatic carbocycles. The van der Waals surface area contributed by atoms with Gasteiger partial charge in [-0.25, -0.2) is 0 Å². The molecule has 16 heavy (non-hydrogen) atoms. The van der Waals surface area contributed by atoms with Crippen molar-refractivity contribution < 1.29 is 19.2 Å². The van der Waals surface area contributed by atoms with Crippen LogP contribution in [0.4, 0.5) is 0 Å². The van der Waals surface area contributed by atoms with Gasteiger partial charge in [-0.1, -0.05) is 0 Å². The average Bonchev–Trinajstić information content (AvgIpc) is 2.97. The SMILES string of the molecule is C=[C]1[Ti][C](C2=CC=CC2)(C2=CC=CC2)C1C. The molecule has 0 aromatic heterocycles. The molecule has 0 nitrogen and oxygen atoms in total. The van der Waals surface area contributed by atoms with Crippen molar-refractivity contribution in [1.82, 2.24) is 0 Å². The number of rotatable bonds is 2. The molecule has 0 bridgehead atoms. The fourth-order valence-electron chi connectivity index (χ4n) is 3.06. The van der Waals surface area contributed by atoms with Crippen molar-refractivity contribution >= 4 is 0 Å². The predicted octanol–water partition coefficient (Wildman–Crippen LogP) is 4.16. The monoisotopic (exact) mass is 244 g/mol. The second-order valence-corrected chi connectivity index (χ2v) is 7.45. The molecule has 0 aromatic rings. The second kappa shape index (κ2) is 3.72. The third-order valence-electron chi connectivity index (χ3n) is 4.09. The summed E-state index contributed by atoms with van der Waals surface area (Å²) in [5.41, 5.74) is 3.31. The minimum absolute atomic E-state index is 0.0466. The predicted molar refractivity (Wildman–Crippen MR) is 64.7 cm³/mol. The molecule has 1 heterocycles. The molecule has 80 valence electrons. The summed E-state index contributed by atoms with van der Waals surface area (Å²) in [6.07, 6.45) is 16.1. The third-order valence-corrected chi connectivity index (χ3v) is 7.56. The van der Waals surface area contributed by atoms with E-state index in [-0.39, 0.29) is 19.2 Å². The van der Waals surface area contributed by atoms with Crippen LogP contribution in [0.1, 0.15) is 19.8 Å². The average molecular weight is 244 g/mol. The Hall–Kier alpha value is -0.586. The van der Waals surface area contributed by atoms with Gasteiger partial charge in [0.25, 0.3) is 0 Å². The quantitative estimate of drug-likeness (QED) is 0.639. The fraction of sp³-hybridized carbons (Fsp3) is 0.333. The first-order chi connectivity index (χ1) is 7.75. The van der Waals surface area contributed by atoms with E-state index in [1.807, 2.05) is 0 Å². The minimum atomic E-state index is -0.0466. The van der Waals surface area contributed by atoms with Gasteiger partial charge in [-0.2, -0.15) is 0 Å². The summed E-state index contributed by atoms with van der Waals surface area (Å²) in [5, 5.41) is 0. The zero-order valence-corrected chi connectivity index (χ0v) is 11.2. The summed E-state index contributed by atoms with van der Waals surface area (Å²) >= 11 is -0.0466. The second-order valence-electron chi connectivity index (χ2n) is 4.83. The Labute approximate surface area is 106 Å². The zero-order chi connectivity index (χ0) is 11.2. The van der Waals surface area contributed by atoms with E-state index in [4.69, 9.17) is 0 Å². The molecule has 3 rings (SSSR count). The van der Waals surface area contributed by atoms with Crippen LogP contribution in [0.25, 0.3) is 0 Å². The van der Waals surface area contributed by atoms with E-state index in [1.165, 1.54) is 12.8 Å². The summed E-state index contributed by atoms with van der Waals surface area (Å²) in [6.45, 7) is 6.61. The molecule has 1 unspecified atom stereocenters. The molecule has 2 aliphatic carbocycles. The fourth-order valence-corrected chi connectivity index (χ4v) is 5.86. The van der Waals surface area contributed by atoms with E-state index < -0.39 is 0 Å². The standard InChI is InChI=1S/C15H16.Ti/c1-3-12(2)15(13-8-4-5-9-13)14-10-6-7-11-14;/h4-8,10,12H,1,9,11H2,2H3;. The summed E-state index contributed by atoms with van der Waals surface area (Å²) in [7, 11) is 0. The zero-order valence-electron chi connectivity index (χ0n) is 9.66. The van der Waals surface area contributed by atoms with Crippen LogP contribution in [0.15, 0.2) is 58.1 Å². The van der Waals surface area contributed by atoms with Crippen LogP contribution in [0.2, 0.25) is 3.72 Å². The molecule has 1 heteroatoms. The molecule has 1 aliphatic heterocycles. The first kappa shape index (κ1) is 10.6. The van der Waals surface area contributed by atoms with Crippen molar-refractivity contribution in [2.45, 2.75) is 23.5 Å². The number of hydrogen-bond donors (Lipinski definition) is 0. The van der Waals surface area contributed by atoms with Crippen LogP contribution >= 0.6 is 0 Å². The van der Waals surface area contributed by atoms with Gasteiger partial charge in [0.15, 0.2) is 0 Å². The molecule has 0 radical (unpaired) electrons. The van der Waals surface area contributed by atoms with Gasteiger partial charge in [0.05, 0.1) is 0 Å². The Balaban J connectivity index is 1.99. The number of allylic oxidation sites excluding steroid dienone is 9. The van der Waals surface area contributed by atoms with Crippen LogP contribution in [0, 0.1) is 5.92 Å². The van der Waals surface area contributed by atoms with E-state index in [0.29, 0.717) is 9.64 Å². The Morgan fingerprint density at radius 3 is 2.06 bits per heavy atom. The normalized spacial score (nSPS) is 29.8. The van der Waals surface area contributed by atoms with Crippen molar-refractivity contribution in [2.75, 3.05) is 0 Å². The van der Waals surface area contributed by atoms with Gasteiger partial charge in [-0.15, -0.1) is 0 Å². The van der Waals surface area contributed by atoms with Crippen LogP contribution < -0.4 is 0 Å². The molecule has 1 saturated heterocycles. The van der Waals surface area contributed by atoms with Crippen LogP contribution in [0.5, 0.6) is 0 Å². The van der Waals surface area contributed by atoms with Crippen molar-refractivity contribution in [2.24, 2.45) is 5.92 Å².